The maximum atomic E-state index is 16.4. The molecule has 8 nitrogen and oxygen atoms in total. The number of nitrogens with one attached hydrogen (secondary N) is 1. The zero-order valence-corrected chi connectivity index (χ0v) is 21.3. The first-order valence-corrected chi connectivity index (χ1v) is 13.1. The summed E-state index contributed by atoms with van der Waals surface area (Å²) in [6.45, 7) is 0.808. The summed E-state index contributed by atoms with van der Waals surface area (Å²) in [7, 11) is 0. The number of carboxylic acid groups (broad SMARTS) is 1. The summed E-state index contributed by atoms with van der Waals surface area (Å²) in [5.41, 5.74) is 1.29. The number of carbonyl (C=O) groups is 2. The first-order chi connectivity index (χ1) is 18.2. The number of hydrogen-bond donors (Lipinski definition) is 2. The summed E-state index contributed by atoms with van der Waals surface area (Å²) >= 11 is 6.43. The molecule has 202 valence electrons. The van der Waals surface area contributed by atoms with Gasteiger partial charge in [-0.2, -0.15) is 9.37 Å². The van der Waals surface area contributed by atoms with E-state index in [2.05, 4.69) is 10.3 Å². The molecule has 1 atom stereocenters. The Morgan fingerprint density at radius 3 is 2.58 bits per heavy atom. The van der Waals surface area contributed by atoms with Crippen LogP contribution in [0.2, 0.25) is 5.02 Å². The monoisotopic (exact) mass is 547 g/mol. The van der Waals surface area contributed by atoms with E-state index in [1.165, 1.54) is 17.0 Å². The van der Waals surface area contributed by atoms with Gasteiger partial charge in [-0.15, -0.1) is 0 Å². The number of fused-ring (bicyclic) bond motifs is 1. The number of ketones is 1. The Bertz CT molecular complexity index is 1340. The minimum atomic E-state index is -2.59. The second kappa shape index (κ2) is 11.0. The Kier molecular flexibility index (Phi) is 7.65. The van der Waals surface area contributed by atoms with E-state index in [0.717, 1.165) is 12.8 Å². The van der Waals surface area contributed by atoms with Crippen molar-refractivity contribution in [3.8, 4) is 0 Å². The van der Waals surface area contributed by atoms with Crippen LogP contribution in [0.5, 0.6) is 0 Å². The van der Waals surface area contributed by atoms with Gasteiger partial charge in [-0.05, 0) is 68.4 Å². The smallest absolute Gasteiger partial charge is 0.330 e. The maximum Gasteiger partial charge on any atom is 0.330 e. The summed E-state index contributed by atoms with van der Waals surface area (Å²) in [6, 6.07) is 9.27. The predicted octanol–water partition coefficient (Wildman–Crippen LogP) is 5.85. The minimum Gasteiger partial charge on any atom is -0.481 e. The molecule has 1 unspecified atom stereocenters. The van der Waals surface area contributed by atoms with Crippen LogP contribution in [0.3, 0.4) is 0 Å². The Morgan fingerprint density at radius 2 is 1.92 bits per heavy atom. The molecule has 0 bridgehead atoms. The van der Waals surface area contributed by atoms with Crippen LogP contribution in [0, 0.1) is 11.7 Å². The molecule has 5 rings (SSSR count). The Balaban J connectivity index is 1.28. The third-order valence-corrected chi connectivity index (χ3v) is 7.52. The number of aromatic nitrogens is 1. The molecule has 2 aromatic carbocycles. The number of para-hydroxylation sites is 1. The van der Waals surface area contributed by atoms with Crippen LogP contribution < -0.4 is 5.32 Å². The van der Waals surface area contributed by atoms with Gasteiger partial charge in [0.15, 0.2) is 11.4 Å². The lowest BCUT2D eigenvalue weighted by molar-refractivity contribution is -0.252. The standard InChI is InChI=1S/C27H28ClF2N3O5/c28-19-14-16(6-11-21(19)31-26-32-22-5-3-4-20(29)24(22)37-26)15-23(34)27(30,33-12-1-2-13-33)38-18-9-7-17(8-10-18)25(35)36/h3-6,11,14,17-18H,1-2,7-10,12-13,15H2,(H,31,32)(H,35,36). The molecule has 1 aliphatic heterocycles. The number of oxazole rings is 1. The van der Waals surface area contributed by atoms with Crippen LogP contribution in [-0.4, -0.2) is 51.9 Å². The fraction of sp³-hybridized carbons (Fsp3) is 0.444. The van der Waals surface area contributed by atoms with Gasteiger partial charge in [-0.1, -0.05) is 23.7 Å². The van der Waals surface area contributed by atoms with Crippen molar-refractivity contribution in [2.24, 2.45) is 5.92 Å². The number of Topliss-reactive ketones (excluding diaryl/α,β-unsaturated/α-hetero) is 1. The third kappa shape index (κ3) is 5.52. The van der Waals surface area contributed by atoms with Crippen LogP contribution in [0.1, 0.15) is 44.1 Å². The Labute approximate surface area is 222 Å². The molecular weight excluding hydrogens is 520 g/mol. The number of halogens is 3. The zero-order valence-electron chi connectivity index (χ0n) is 20.6. The quantitative estimate of drug-likeness (QED) is 0.321. The van der Waals surface area contributed by atoms with Gasteiger partial charge in [-0.3, -0.25) is 9.59 Å². The van der Waals surface area contributed by atoms with Crippen molar-refractivity contribution in [2.75, 3.05) is 18.4 Å². The van der Waals surface area contributed by atoms with Gasteiger partial charge in [0.1, 0.15) is 5.52 Å². The van der Waals surface area contributed by atoms with Crippen molar-refractivity contribution in [1.82, 2.24) is 9.88 Å². The predicted molar refractivity (Wildman–Crippen MR) is 137 cm³/mol. The van der Waals surface area contributed by atoms with E-state index in [9.17, 15) is 19.1 Å². The van der Waals surface area contributed by atoms with Crippen LogP contribution in [0.15, 0.2) is 40.8 Å². The summed E-state index contributed by atoms with van der Waals surface area (Å²) in [5, 5.41) is 12.4. The van der Waals surface area contributed by atoms with Gasteiger partial charge in [0, 0.05) is 19.5 Å². The maximum absolute atomic E-state index is 16.4. The molecule has 2 N–H and O–H groups in total. The fourth-order valence-electron chi connectivity index (χ4n) is 5.12. The molecule has 11 heteroatoms. The second-order valence-electron chi connectivity index (χ2n) is 9.83. The summed E-state index contributed by atoms with van der Waals surface area (Å²) in [4.78, 5) is 30.2. The van der Waals surface area contributed by atoms with Gasteiger partial charge >= 0.3 is 11.9 Å². The lowest BCUT2D eigenvalue weighted by Crippen LogP contribution is -2.54. The van der Waals surface area contributed by atoms with Gasteiger partial charge in [0.2, 0.25) is 5.78 Å². The number of carboxylic acids is 1. The lowest BCUT2D eigenvalue weighted by Gasteiger charge is -2.37. The highest BCUT2D eigenvalue weighted by Gasteiger charge is 2.48. The molecule has 38 heavy (non-hydrogen) atoms. The van der Waals surface area contributed by atoms with Gasteiger partial charge in [-0.25, -0.2) is 9.29 Å². The molecule has 1 saturated heterocycles. The van der Waals surface area contributed by atoms with E-state index in [0.29, 0.717) is 55.5 Å². The molecular formula is C27H28ClF2N3O5. The second-order valence-corrected chi connectivity index (χ2v) is 10.2. The summed E-state index contributed by atoms with van der Waals surface area (Å²) in [6.07, 6.45) is 2.30. The van der Waals surface area contributed by atoms with E-state index in [-0.39, 0.29) is 23.0 Å². The fourth-order valence-corrected chi connectivity index (χ4v) is 5.37. The van der Waals surface area contributed by atoms with Crippen molar-refractivity contribution in [1.29, 1.82) is 0 Å². The number of alkyl halides is 1. The lowest BCUT2D eigenvalue weighted by atomic mass is 9.87. The molecule has 2 heterocycles. The highest BCUT2D eigenvalue weighted by atomic mass is 35.5. The number of carbonyl (C=O) groups excluding carboxylic acids is 1. The average molecular weight is 548 g/mol. The van der Waals surface area contributed by atoms with Crippen LogP contribution >= 0.6 is 11.6 Å². The number of anilines is 2. The number of benzene rings is 2. The topological polar surface area (TPSA) is 105 Å². The van der Waals surface area contributed by atoms with Crippen molar-refractivity contribution < 1.29 is 32.6 Å². The molecule has 3 aromatic rings. The summed E-state index contributed by atoms with van der Waals surface area (Å²) in [5.74, 6) is -5.18. The van der Waals surface area contributed by atoms with Crippen LogP contribution in [0.4, 0.5) is 20.5 Å². The molecule has 1 aliphatic carbocycles. The van der Waals surface area contributed by atoms with E-state index in [4.69, 9.17) is 20.8 Å². The number of aliphatic carboxylic acids is 1. The van der Waals surface area contributed by atoms with Crippen molar-refractivity contribution in [3.05, 3.63) is 52.8 Å². The highest BCUT2D eigenvalue weighted by Crippen LogP contribution is 2.35. The Hall–Kier alpha value is -3.08. The number of likely N-dealkylation sites (tertiary alicyclic amines) is 1. The molecule has 0 spiro atoms. The van der Waals surface area contributed by atoms with E-state index < -0.39 is 35.6 Å². The largest absolute Gasteiger partial charge is 0.481 e. The van der Waals surface area contributed by atoms with Crippen LogP contribution in [0.25, 0.3) is 11.1 Å². The number of nitrogens with zero attached hydrogens (tertiary/aromatic N) is 2. The van der Waals surface area contributed by atoms with E-state index in [1.807, 2.05) is 0 Å². The first-order valence-electron chi connectivity index (χ1n) is 12.7. The van der Waals surface area contributed by atoms with Crippen molar-refractivity contribution in [2.45, 2.75) is 57.0 Å². The van der Waals surface area contributed by atoms with Crippen molar-refractivity contribution >= 4 is 46.2 Å². The number of hydrogen-bond acceptors (Lipinski definition) is 7. The first kappa shape index (κ1) is 26.5. The molecule has 1 aromatic heterocycles. The molecule has 0 radical (unpaired) electrons. The van der Waals surface area contributed by atoms with E-state index >= 15 is 4.39 Å². The summed E-state index contributed by atoms with van der Waals surface area (Å²) < 4.78 is 41.5. The molecule has 1 saturated carbocycles. The Morgan fingerprint density at radius 1 is 1.18 bits per heavy atom. The highest BCUT2D eigenvalue weighted by molar-refractivity contribution is 6.33. The molecule has 2 fully saturated rings. The normalized spacial score (nSPS) is 21.9. The molecule has 2 aliphatic rings. The van der Waals surface area contributed by atoms with Crippen molar-refractivity contribution in [3.63, 3.8) is 0 Å². The third-order valence-electron chi connectivity index (χ3n) is 7.21. The minimum absolute atomic E-state index is 0.0194. The van der Waals surface area contributed by atoms with Gasteiger partial charge in [0.05, 0.1) is 22.7 Å². The zero-order chi connectivity index (χ0) is 26.9. The van der Waals surface area contributed by atoms with Gasteiger partial charge in [0.25, 0.3) is 6.01 Å². The average Bonchev–Trinajstić information content (AvgIpc) is 3.57. The SMILES string of the molecule is O=C(O)C1CCC(OC(F)(C(=O)Cc2ccc(Nc3nc4cccc(F)c4o3)c(Cl)c2)N2CCCC2)CC1. The van der Waals surface area contributed by atoms with E-state index in [1.54, 1.807) is 24.3 Å². The number of rotatable bonds is 9. The number of ether oxygens (including phenoxy) is 1. The van der Waals surface area contributed by atoms with Crippen LogP contribution in [-0.2, 0) is 20.7 Å². The molecule has 0 amide bonds. The van der Waals surface area contributed by atoms with Gasteiger partial charge < -0.3 is 19.6 Å².